The van der Waals surface area contributed by atoms with Gasteiger partial charge in [-0.25, -0.2) is 0 Å². The van der Waals surface area contributed by atoms with Crippen LogP contribution in [0.1, 0.15) is 23.7 Å². The molecule has 1 atom stereocenters. The number of nitrogens with two attached hydrogens (primary N) is 1. The number of benzene rings is 1. The molecule has 0 saturated heterocycles. The maximum atomic E-state index is 11.6. The Balaban J connectivity index is 2.79. The lowest BCUT2D eigenvalue weighted by molar-refractivity contribution is -0.117. The van der Waals surface area contributed by atoms with Gasteiger partial charge in [-0.05, 0) is 24.6 Å². The van der Waals surface area contributed by atoms with Crippen molar-refractivity contribution in [1.29, 1.82) is 0 Å². The van der Waals surface area contributed by atoms with Gasteiger partial charge < -0.3 is 16.4 Å². The van der Waals surface area contributed by atoms with Gasteiger partial charge in [0, 0.05) is 18.3 Å². The molecule has 1 aromatic rings. The van der Waals surface area contributed by atoms with Crippen LogP contribution in [0.4, 0.5) is 5.69 Å². The van der Waals surface area contributed by atoms with E-state index >= 15 is 0 Å². The Labute approximate surface area is 100 Å². The van der Waals surface area contributed by atoms with Crippen molar-refractivity contribution >= 4 is 17.5 Å². The summed E-state index contributed by atoms with van der Waals surface area (Å²) in [4.78, 5) is 23.0. The van der Waals surface area contributed by atoms with E-state index in [4.69, 9.17) is 5.73 Å². The van der Waals surface area contributed by atoms with Crippen LogP contribution in [-0.2, 0) is 4.79 Å². The lowest BCUT2D eigenvalue weighted by Gasteiger charge is -2.10. The standard InChI is InChI=1S/C12H17N3O2/c1-3-10(13)12(17)15-9-6-4-5-8(7-9)11(16)14-2/h4-7,10H,3,13H2,1-2H3,(H,14,16)(H,15,17). The molecule has 0 spiro atoms. The predicted molar refractivity (Wildman–Crippen MR) is 66.7 cm³/mol. The van der Waals surface area contributed by atoms with Gasteiger partial charge >= 0.3 is 0 Å². The topological polar surface area (TPSA) is 84.2 Å². The third kappa shape index (κ3) is 3.57. The van der Waals surface area contributed by atoms with E-state index in [0.717, 1.165) is 0 Å². The minimum atomic E-state index is -0.529. The fraction of sp³-hybridized carbons (Fsp3) is 0.333. The van der Waals surface area contributed by atoms with E-state index in [2.05, 4.69) is 10.6 Å². The Kier molecular flexibility index (Phi) is 4.66. The molecule has 0 heterocycles. The molecule has 0 saturated carbocycles. The zero-order valence-corrected chi connectivity index (χ0v) is 9.99. The summed E-state index contributed by atoms with van der Waals surface area (Å²) >= 11 is 0. The van der Waals surface area contributed by atoms with Crippen LogP contribution in [0.15, 0.2) is 24.3 Å². The van der Waals surface area contributed by atoms with E-state index in [-0.39, 0.29) is 11.8 Å². The van der Waals surface area contributed by atoms with Crippen molar-refractivity contribution in [3.63, 3.8) is 0 Å². The molecule has 0 radical (unpaired) electrons. The Morgan fingerprint density at radius 3 is 2.71 bits per heavy atom. The van der Waals surface area contributed by atoms with Gasteiger partial charge in [-0.2, -0.15) is 0 Å². The largest absolute Gasteiger partial charge is 0.355 e. The van der Waals surface area contributed by atoms with Crippen molar-refractivity contribution in [3.8, 4) is 0 Å². The second kappa shape index (κ2) is 6.00. The predicted octanol–water partition coefficient (Wildman–Crippen LogP) is 0.722. The van der Waals surface area contributed by atoms with Crippen LogP contribution in [0.5, 0.6) is 0 Å². The lowest BCUT2D eigenvalue weighted by Crippen LogP contribution is -2.34. The van der Waals surface area contributed by atoms with E-state index in [1.54, 1.807) is 31.3 Å². The maximum absolute atomic E-state index is 11.6. The van der Waals surface area contributed by atoms with E-state index in [1.807, 2.05) is 6.92 Å². The molecule has 2 amide bonds. The van der Waals surface area contributed by atoms with Gasteiger partial charge in [-0.1, -0.05) is 13.0 Å². The summed E-state index contributed by atoms with van der Waals surface area (Å²) in [6.07, 6.45) is 0.570. The van der Waals surface area contributed by atoms with Gasteiger partial charge in [-0.3, -0.25) is 9.59 Å². The molecular formula is C12H17N3O2. The molecule has 17 heavy (non-hydrogen) atoms. The minimum absolute atomic E-state index is 0.194. The first-order valence-corrected chi connectivity index (χ1v) is 5.47. The van der Waals surface area contributed by atoms with Crippen molar-refractivity contribution in [1.82, 2.24) is 5.32 Å². The van der Waals surface area contributed by atoms with Crippen LogP contribution in [-0.4, -0.2) is 24.9 Å². The summed E-state index contributed by atoms with van der Waals surface area (Å²) in [5.41, 5.74) is 6.66. The molecule has 1 aromatic carbocycles. The maximum Gasteiger partial charge on any atom is 0.251 e. The second-order valence-electron chi connectivity index (χ2n) is 3.66. The van der Waals surface area contributed by atoms with Crippen molar-refractivity contribution in [3.05, 3.63) is 29.8 Å². The Hall–Kier alpha value is -1.88. The highest BCUT2D eigenvalue weighted by Gasteiger charge is 2.11. The zero-order valence-electron chi connectivity index (χ0n) is 9.99. The number of carbonyl (C=O) groups is 2. The van der Waals surface area contributed by atoms with Gasteiger partial charge in [0.1, 0.15) is 0 Å². The monoisotopic (exact) mass is 235 g/mol. The van der Waals surface area contributed by atoms with Crippen LogP contribution in [0.2, 0.25) is 0 Å². The first-order chi connectivity index (χ1) is 8.08. The third-order valence-corrected chi connectivity index (χ3v) is 2.40. The molecule has 92 valence electrons. The number of hydrogen-bond donors (Lipinski definition) is 3. The Morgan fingerprint density at radius 2 is 2.12 bits per heavy atom. The SMILES string of the molecule is CCC(N)C(=O)Nc1cccc(C(=O)NC)c1. The number of carbonyl (C=O) groups excluding carboxylic acids is 2. The van der Waals surface area contributed by atoms with Gasteiger partial charge in [0.2, 0.25) is 5.91 Å². The Morgan fingerprint density at radius 1 is 1.41 bits per heavy atom. The fourth-order valence-electron chi connectivity index (χ4n) is 1.30. The minimum Gasteiger partial charge on any atom is -0.355 e. The van der Waals surface area contributed by atoms with Gasteiger partial charge in [-0.15, -0.1) is 0 Å². The summed E-state index contributed by atoms with van der Waals surface area (Å²) in [7, 11) is 1.56. The van der Waals surface area contributed by atoms with E-state index < -0.39 is 6.04 Å². The van der Waals surface area contributed by atoms with E-state index in [0.29, 0.717) is 17.7 Å². The van der Waals surface area contributed by atoms with Crippen LogP contribution >= 0.6 is 0 Å². The van der Waals surface area contributed by atoms with Crippen LogP contribution < -0.4 is 16.4 Å². The number of anilines is 1. The highest BCUT2D eigenvalue weighted by molar-refractivity contribution is 5.98. The molecule has 5 heteroatoms. The molecule has 1 rings (SSSR count). The summed E-state index contributed by atoms with van der Waals surface area (Å²) in [5.74, 6) is -0.442. The van der Waals surface area contributed by atoms with Gasteiger partial charge in [0.15, 0.2) is 0 Å². The lowest BCUT2D eigenvalue weighted by atomic mass is 10.1. The average molecular weight is 235 g/mol. The molecular weight excluding hydrogens is 218 g/mol. The Bertz CT molecular complexity index is 418. The molecule has 1 unspecified atom stereocenters. The second-order valence-corrected chi connectivity index (χ2v) is 3.66. The van der Waals surface area contributed by atoms with Crippen molar-refractivity contribution in [2.24, 2.45) is 5.73 Å². The summed E-state index contributed by atoms with van der Waals surface area (Å²) in [5, 5.41) is 5.19. The molecule has 0 aliphatic carbocycles. The first kappa shape index (κ1) is 13.2. The normalized spacial score (nSPS) is 11.7. The number of rotatable bonds is 4. The van der Waals surface area contributed by atoms with Crippen molar-refractivity contribution in [2.75, 3.05) is 12.4 Å². The van der Waals surface area contributed by atoms with Crippen LogP contribution in [0, 0.1) is 0 Å². The summed E-state index contributed by atoms with van der Waals surface area (Å²) in [6.45, 7) is 1.84. The molecule has 0 fully saturated rings. The summed E-state index contributed by atoms with van der Waals surface area (Å²) in [6, 6.07) is 6.18. The molecule has 0 bridgehead atoms. The van der Waals surface area contributed by atoms with Gasteiger partial charge in [0.05, 0.1) is 6.04 Å². The molecule has 5 nitrogen and oxygen atoms in total. The van der Waals surface area contributed by atoms with E-state index in [1.165, 1.54) is 0 Å². The zero-order chi connectivity index (χ0) is 12.8. The van der Waals surface area contributed by atoms with Crippen LogP contribution in [0.3, 0.4) is 0 Å². The van der Waals surface area contributed by atoms with Crippen LogP contribution in [0.25, 0.3) is 0 Å². The average Bonchev–Trinajstić information content (AvgIpc) is 2.37. The fourth-order valence-corrected chi connectivity index (χ4v) is 1.30. The van der Waals surface area contributed by atoms with Crippen molar-refractivity contribution < 1.29 is 9.59 Å². The number of nitrogens with one attached hydrogen (secondary N) is 2. The molecule has 4 N–H and O–H groups in total. The highest BCUT2D eigenvalue weighted by Crippen LogP contribution is 2.11. The molecule has 0 aliphatic heterocycles. The van der Waals surface area contributed by atoms with Crippen molar-refractivity contribution in [2.45, 2.75) is 19.4 Å². The quantitative estimate of drug-likeness (QED) is 0.719. The highest BCUT2D eigenvalue weighted by atomic mass is 16.2. The summed E-state index contributed by atoms with van der Waals surface area (Å²) < 4.78 is 0. The molecule has 0 aromatic heterocycles. The number of amides is 2. The van der Waals surface area contributed by atoms with Gasteiger partial charge in [0.25, 0.3) is 5.91 Å². The first-order valence-electron chi connectivity index (χ1n) is 5.47. The molecule has 0 aliphatic rings. The smallest absolute Gasteiger partial charge is 0.251 e. The third-order valence-electron chi connectivity index (χ3n) is 2.40. The number of hydrogen-bond acceptors (Lipinski definition) is 3. The van der Waals surface area contributed by atoms with E-state index in [9.17, 15) is 9.59 Å².